The second-order valence-electron chi connectivity index (χ2n) is 5.42. The van der Waals surface area contributed by atoms with Gasteiger partial charge in [-0.15, -0.1) is 0 Å². The minimum absolute atomic E-state index is 0.298. The molecule has 1 saturated heterocycles. The summed E-state index contributed by atoms with van der Waals surface area (Å²) in [4.78, 5) is 0.298. The summed E-state index contributed by atoms with van der Waals surface area (Å²) < 4.78 is 32.8. The fraction of sp³-hybridized carbons (Fsp3) is 0.600. The molecule has 0 spiro atoms. The monoisotopic (exact) mass is 312 g/mol. The van der Waals surface area contributed by atoms with Gasteiger partial charge in [-0.05, 0) is 69.5 Å². The number of hydrogen-bond acceptors (Lipinski definition) is 4. The lowest BCUT2D eigenvalue weighted by Crippen LogP contribution is -2.38. The third kappa shape index (κ3) is 4.43. The van der Waals surface area contributed by atoms with Crippen LogP contribution in [0.3, 0.4) is 0 Å². The number of rotatable bonds is 6. The van der Waals surface area contributed by atoms with Crippen molar-refractivity contribution in [2.45, 2.75) is 31.6 Å². The minimum Gasteiger partial charge on any atom is -0.494 e. The first-order chi connectivity index (χ1) is 10.0. The second-order valence-corrected chi connectivity index (χ2v) is 7.19. The van der Waals surface area contributed by atoms with Crippen molar-refractivity contribution in [3.05, 3.63) is 23.8 Å². The molecule has 0 bridgehead atoms. The largest absolute Gasteiger partial charge is 0.494 e. The lowest BCUT2D eigenvalue weighted by molar-refractivity contribution is 0.337. The smallest absolute Gasteiger partial charge is 0.240 e. The van der Waals surface area contributed by atoms with Crippen molar-refractivity contribution < 1.29 is 13.2 Å². The Labute approximate surface area is 127 Å². The van der Waals surface area contributed by atoms with Crippen molar-refractivity contribution in [2.24, 2.45) is 5.92 Å². The van der Waals surface area contributed by atoms with Crippen LogP contribution in [0, 0.1) is 12.8 Å². The highest BCUT2D eigenvalue weighted by molar-refractivity contribution is 7.89. The van der Waals surface area contributed by atoms with Crippen molar-refractivity contribution in [1.29, 1.82) is 0 Å². The van der Waals surface area contributed by atoms with E-state index in [-0.39, 0.29) is 0 Å². The average Bonchev–Trinajstić information content (AvgIpc) is 2.48. The molecule has 1 heterocycles. The molecule has 6 heteroatoms. The number of sulfonamides is 1. The number of benzene rings is 1. The lowest BCUT2D eigenvalue weighted by Gasteiger charge is -2.22. The second kappa shape index (κ2) is 7.24. The van der Waals surface area contributed by atoms with Crippen LogP contribution in [-0.2, 0) is 10.0 Å². The standard InChI is InChI=1S/C15H24N2O3S/c1-3-20-15-7-6-14(9-12(15)2)21(18,19)17-11-13-5-4-8-16-10-13/h6-7,9,13,16-17H,3-5,8,10-11H2,1-2H3. The highest BCUT2D eigenvalue weighted by Gasteiger charge is 2.19. The van der Waals surface area contributed by atoms with E-state index < -0.39 is 10.0 Å². The minimum atomic E-state index is -3.45. The first-order valence-corrected chi connectivity index (χ1v) is 8.95. The summed E-state index contributed by atoms with van der Waals surface area (Å²) in [6, 6.07) is 4.97. The van der Waals surface area contributed by atoms with Crippen molar-refractivity contribution >= 4 is 10.0 Å². The zero-order valence-corrected chi connectivity index (χ0v) is 13.5. The normalized spacial score (nSPS) is 19.4. The molecule has 1 unspecified atom stereocenters. The molecule has 1 atom stereocenters. The van der Waals surface area contributed by atoms with Crippen LogP contribution in [0.15, 0.2) is 23.1 Å². The van der Waals surface area contributed by atoms with Gasteiger partial charge in [0.15, 0.2) is 0 Å². The quantitative estimate of drug-likeness (QED) is 0.838. The molecule has 1 aliphatic heterocycles. The molecule has 0 aliphatic carbocycles. The zero-order chi connectivity index (χ0) is 15.3. The van der Waals surface area contributed by atoms with E-state index in [4.69, 9.17) is 4.74 Å². The van der Waals surface area contributed by atoms with Gasteiger partial charge in [0.25, 0.3) is 0 Å². The summed E-state index contributed by atoms with van der Waals surface area (Å²) in [5, 5.41) is 3.29. The summed E-state index contributed by atoms with van der Waals surface area (Å²) in [6.07, 6.45) is 2.17. The molecule has 0 saturated carbocycles. The average molecular weight is 312 g/mol. The Bertz CT molecular complexity index is 566. The van der Waals surface area contributed by atoms with Crippen LogP contribution in [0.1, 0.15) is 25.3 Å². The topological polar surface area (TPSA) is 67.4 Å². The lowest BCUT2D eigenvalue weighted by atomic mass is 10.0. The first-order valence-electron chi connectivity index (χ1n) is 7.46. The SMILES string of the molecule is CCOc1ccc(S(=O)(=O)NCC2CCCNC2)cc1C. The third-order valence-electron chi connectivity index (χ3n) is 3.72. The number of piperidine rings is 1. The molecule has 21 heavy (non-hydrogen) atoms. The summed E-state index contributed by atoms with van der Waals surface area (Å²) in [7, 11) is -3.45. The van der Waals surface area contributed by atoms with Crippen LogP contribution in [0.5, 0.6) is 5.75 Å². The number of hydrogen-bond donors (Lipinski definition) is 2. The van der Waals surface area contributed by atoms with E-state index >= 15 is 0 Å². The van der Waals surface area contributed by atoms with E-state index in [1.54, 1.807) is 18.2 Å². The van der Waals surface area contributed by atoms with Crippen molar-refractivity contribution in [3.63, 3.8) is 0 Å². The Balaban J connectivity index is 2.03. The molecule has 1 aliphatic rings. The Hall–Kier alpha value is -1.11. The third-order valence-corrected chi connectivity index (χ3v) is 5.14. The molecule has 0 amide bonds. The molecule has 5 nitrogen and oxygen atoms in total. The first kappa shape index (κ1) is 16.3. The molecular formula is C15H24N2O3S. The van der Waals surface area contributed by atoms with Crippen molar-refractivity contribution in [2.75, 3.05) is 26.2 Å². The van der Waals surface area contributed by atoms with Crippen LogP contribution >= 0.6 is 0 Å². The Morgan fingerprint density at radius 1 is 1.43 bits per heavy atom. The Morgan fingerprint density at radius 2 is 2.24 bits per heavy atom. The highest BCUT2D eigenvalue weighted by atomic mass is 32.2. The van der Waals surface area contributed by atoms with Crippen LogP contribution in [0.2, 0.25) is 0 Å². The molecule has 118 valence electrons. The Kier molecular flexibility index (Phi) is 5.61. The number of ether oxygens (including phenoxy) is 1. The highest BCUT2D eigenvalue weighted by Crippen LogP contribution is 2.22. The molecule has 0 radical (unpaired) electrons. The predicted octanol–water partition coefficient (Wildman–Crippen LogP) is 1.67. The van der Waals surface area contributed by atoms with Gasteiger partial charge >= 0.3 is 0 Å². The van der Waals surface area contributed by atoms with E-state index in [0.717, 1.165) is 37.2 Å². The fourth-order valence-corrected chi connectivity index (χ4v) is 3.72. The maximum Gasteiger partial charge on any atom is 0.240 e. The van der Waals surface area contributed by atoms with Gasteiger partial charge in [0.1, 0.15) is 5.75 Å². The van der Waals surface area contributed by atoms with Gasteiger partial charge < -0.3 is 10.1 Å². The van der Waals surface area contributed by atoms with Gasteiger partial charge in [0.2, 0.25) is 10.0 Å². The number of nitrogens with one attached hydrogen (secondary N) is 2. The van der Waals surface area contributed by atoms with E-state index in [1.807, 2.05) is 13.8 Å². The van der Waals surface area contributed by atoms with Gasteiger partial charge in [-0.2, -0.15) is 0 Å². The van der Waals surface area contributed by atoms with Gasteiger partial charge in [-0.25, -0.2) is 13.1 Å². The number of aryl methyl sites for hydroxylation is 1. The van der Waals surface area contributed by atoms with Crippen LogP contribution in [0.25, 0.3) is 0 Å². The van der Waals surface area contributed by atoms with Crippen molar-refractivity contribution in [1.82, 2.24) is 10.0 Å². The Morgan fingerprint density at radius 3 is 2.86 bits per heavy atom. The van der Waals surface area contributed by atoms with Crippen LogP contribution in [0.4, 0.5) is 0 Å². The fourth-order valence-electron chi connectivity index (χ4n) is 2.52. The van der Waals surface area contributed by atoms with Crippen LogP contribution < -0.4 is 14.8 Å². The zero-order valence-electron chi connectivity index (χ0n) is 12.7. The van der Waals surface area contributed by atoms with Crippen molar-refractivity contribution in [3.8, 4) is 5.75 Å². The van der Waals surface area contributed by atoms with Gasteiger partial charge in [-0.3, -0.25) is 0 Å². The molecule has 2 N–H and O–H groups in total. The summed E-state index contributed by atoms with van der Waals surface area (Å²) in [6.45, 7) is 6.73. The molecule has 1 aromatic rings. The molecule has 2 rings (SSSR count). The van der Waals surface area contributed by atoms with E-state index in [9.17, 15) is 8.42 Å². The van der Waals surface area contributed by atoms with Gasteiger partial charge in [0.05, 0.1) is 11.5 Å². The summed E-state index contributed by atoms with van der Waals surface area (Å²) in [5.41, 5.74) is 0.832. The summed E-state index contributed by atoms with van der Waals surface area (Å²) >= 11 is 0. The maximum absolute atomic E-state index is 12.3. The summed E-state index contributed by atoms with van der Waals surface area (Å²) in [5.74, 6) is 1.10. The maximum atomic E-state index is 12.3. The van der Waals surface area contributed by atoms with E-state index in [1.165, 1.54) is 0 Å². The predicted molar refractivity (Wildman–Crippen MR) is 83.1 cm³/mol. The van der Waals surface area contributed by atoms with Crippen LogP contribution in [-0.4, -0.2) is 34.7 Å². The van der Waals surface area contributed by atoms with E-state index in [2.05, 4.69) is 10.0 Å². The molecule has 0 aromatic heterocycles. The molecule has 1 aromatic carbocycles. The van der Waals surface area contributed by atoms with Gasteiger partial charge in [0, 0.05) is 6.54 Å². The van der Waals surface area contributed by atoms with Gasteiger partial charge in [-0.1, -0.05) is 0 Å². The molecular weight excluding hydrogens is 288 g/mol. The molecule has 1 fully saturated rings. The van der Waals surface area contributed by atoms with E-state index in [0.29, 0.717) is 24.0 Å².